The van der Waals surface area contributed by atoms with Crippen LogP contribution in [-0.4, -0.2) is 22.4 Å². The van der Waals surface area contributed by atoms with Gasteiger partial charge in [0.2, 0.25) is 0 Å². The summed E-state index contributed by atoms with van der Waals surface area (Å²) in [6, 6.07) is 16.2. The number of nitrogens with zero attached hydrogens (tertiary/aromatic N) is 2. The van der Waals surface area contributed by atoms with E-state index < -0.39 is 0 Å². The lowest BCUT2D eigenvalue weighted by atomic mass is 9.92. The van der Waals surface area contributed by atoms with Gasteiger partial charge in [0.05, 0.1) is 26.8 Å². The molecule has 1 aliphatic rings. The molecule has 0 bridgehead atoms. The molecule has 9 heteroatoms. The number of amides is 2. The van der Waals surface area contributed by atoms with Crippen molar-refractivity contribution in [1.82, 2.24) is 19.8 Å². The maximum atomic E-state index is 12.2. The first kappa shape index (κ1) is 22.3. The van der Waals surface area contributed by atoms with E-state index in [4.69, 9.17) is 28.3 Å². The molecular formula is C24H20Cl2N4OS2. The molecule has 0 unspecified atom stereocenters. The number of nitrogens with one attached hydrogen (secondary N) is 2. The van der Waals surface area contributed by atoms with Gasteiger partial charge in [0.15, 0.2) is 0 Å². The molecule has 2 N–H and O–H groups in total. The van der Waals surface area contributed by atoms with Crippen LogP contribution >= 0.6 is 46.5 Å². The Labute approximate surface area is 209 Å². The second-order valence-electron chi connectivity index (χ2n) is 7.65. The van der Waals surface area contributed by atoms with Gasteiger partial charge in [0.25, 0.3) is 0 Å². The first-order valence-electron chi connectivity index (χ1n) is 10.5. The Morgan fingerprint density at radius 2 is 2.00 bits per heavy atom. The van der Waals surface area contributed by atoms with Crippen molar-refractivity contribution in [2.45, 2.75) is 23.5 Å². The summed E-state index contributed by atoms with van der Waals surface area (Å²) in [5.41, 5.74) is 4.62. The molecule has 2 aromatic carbocycles. The number of allylic oxidation sites excluding steroid dienone is 1. The molecule has 0 saturated heterocycles. The van der Waals surface area contributed by atoms with Gasteiger partial charge in [-0.3, -0.25) is 4.72 Å². The second-order valence-corrected chi connectivity index (χ2v) is 10.8. The lowest BCUT2D eigenvalue weighted by Gasteiger charge is -2.18. The molecule has 0 saturated carbocycles. The lowest BCUT2D eigenvalue weighted by Crippen LogP contribution is -2.31. The van der Waals surface area contributed by atoms with E-state index in [1.807, 2.05) is 23.0 Å². The third-order valence-corrected chi connectivity index (χ3v) is 8.26. The first-order valence-corrected chi connectivity index (χ1v) is 12.9. The molecule has 0 atom stereocenters. The molecule has 5 rings (SSSR count). The Balaban J connectivity index is 1.29. The number of benzene rings is 2. The minimum atomic E-state index is -0.267. The zero-order valence-corrected chi connectivity index (χ0v) is 20.6. The Morgan fingerprint density at radius 1 is 1.15 bits per heavy atom. The van der Waals surface area contributed by atoms with Gasteiger partial charge in [0, 0.05) is 6.54 Å². The summed E-state index contributed by atoms with van der Waals surface area (Å²) in [5.74, 6) is 0. The Morgan fingerprint density at radius 3 is 2.82 bits per heavy atom. The van der Waals surface area contributed by atoms with Gasteiger partial charge in [-0.05, 0) is 71.3 Å². The van der Waals surface area contributed by atoms with E-state index in [2.05, 4.69) is 46.4 Å². The van der Waals surface area contributed by atoms with Crippen LogP contribution in [-0.2, 0) is 6.42 Å². The van der Waals surface area contributed by atoms with Crippen LogP contribution in [0.2, 0.25) is 9.36 Å². The molecule has 4 aromatic rings. The van der Waals surface area contributed by atoms with Crippen molar-refractivity contribution in [2.75, 3.05) is 6.54 Å². The number of urea groups is 1. The van der Waals surface area contributed by atoms with E-state index in [9.17, 15) is 4.79 Å². The molecule has 2 heterocycles. The van der Waals surface area contributed by atoms with Crippen molar-refractivity contribution in [2.24, 2.45) is 0 Å². The summed E-state index contributed by atoms with van der Waals surface area (Å²) in [5, 5.41) is 10.5. The van der Waals surface area contributed by atoms with Crippen LogP contribution < -0.4 is 10.0 Å². The summed E-state index contributed by atoms with van der Waals surface area (Å²) in [4.78, 5) is 12.2. The van der Waals surface area contributed by atoms with Gasteiger partial charge in [0.1, 0.15) is 4.34 Å². The van der Waals surface area contributed by atoms with Gasteiger partial charge in [-0.2, -0.15) is 5.10 Å². The number of hydrogen-bond donors (Lipinski definition) is 2. The third kappa shape index (κ3) is 4.92. The van der Waals surface area contributed by atoms with Crippen LogP contribution in [0.25, 0.3) is 22.0 Å². The average molecular weight is 515 g/mol. The molecule has 5 nitrogen and oxygen atoms in total. The van der Waals surface area contributed by atoms with Crippen LogP contribution in [0, 0.1) is 0 Å². The van der Waals surface area contributed by atoms with Gasteiger partial charge in [-0.1, -0.05) is 59.6 Å². The van der Waals surface area contributed by atoms with Crippen molar-refractivity contribution in [1.29, 1.82) is 0 Å². The molecule has 0 aliphatic heterocycles. The zero-order chi connectivity index (χ0) is 22.8. The minimum absolute atomic E-state index is 0.267. The van der Waals surface area contributed by atoms with Crippen molar-refractivity contribution in [3.63, 3.8) is 0 Å². The lowest BCUT2D eigenvalue weighted by molar-refractivity contribution is 0.247. The van der Waals surface area contributed by atoms with E-state index in [1.165, 1.54) is 45.2 Å². The van der Waals surface area contributed by atoms with Crippen molar-refractivity contribution in [3.05, 3.63) is 81.4 Å². The maximum absolute atomic E-state index is 12.2. The number of aryl methyl sites for hydroxylation is 1. The van der Waals surface area contributed by atoms with E-state index in [0.717, 1.165) is 34.9 Å². The van der Waals surface area contributed by atoms with E-state index in [1.54, 1.807) is 6.07 Å². The summed E-state index contributed by atoms with van der Waals surface area (Å²) < 4.78 is 6.12. The van der Waals surface area contributed by atoms with E-state index in [0.29, 0.717) is 15.9 Å². The predicted octanol–water partition coefficient (Wildman–Crippen LogP) is 7.12. The maximum Gasteiger partial charge on any atom is 0.325 e. The van der Waals surface area contributed by atoms with Crippen LogP contribution in [0.5, 0.6) is 0 Å². The van der Waals surface area contributed by atoms with E-state index >= 15 is 0 Å². The van der Waals surface area contributed by atoms with Gasteiger partial charge in [-0.15, -0.1) is 11.3 Å². The van der Waals surface area contributed by atoms with Crippen LogP contribution in [0.3, 0.4) is 0 Å². The number of aromatic nitrogens is 2. The standard InChI is InChI=1S/C24H20Cl2N4OS2/c25-20-13-21(32-23(20)26)33-29-24(31)27-11-10-16-6-3-7-18-14-28-30(22(16)18)19-9-8-15-4-1-2-5-17(15)12-19/h1-2,4-5,8-10,12-14H,3,6-7,11H2,(H2,27,29,31)/b16-10+. The van der Waals surface area contributed by atoms with Crippen LogP contribution in [0.4, 0.5) is 4.79 Å². The van der Waals surface area contributed by atoms with Gasteiger partial charge in [-0.25, -0.2) is 9.48 Å². The molecule has 0 radical (unpaired) electrons. The topological polar surface area (TPSA) is 59.0 Å². The number of hydrogen-bond acceptors (Lipinski definition) is 4. The SMILES string of the molecule is O=C(NC/C=C1\CCCc2cnn(-c3ccc4ccccc4c3)c21)NSc1cc(Cl)c(Cl)s1. The average Bonchev–Trinajstić information content (AvgIpc) is 3.41. The van der Waals surface area contributed by atoms with Crippen molar-refractivity contribution >= 4 is 68.9 Å². The molecule has 0 spiro atoms. The Bertz CT molecular complexity index is 1340. The number of fused-ring (bicyclic) bond motifs is 2. The molecule has 0 fully saturated rings. The van der Waals surface area contributed by atoms with Gasteiger partial charge < -0.3 is 5.32 Å². The molecule has 1 aliphatic carbocycles. The summed E-state index contributed by atoms with van der Waals surface area (Å²) >= 11 is 14.4. The first-order chi connectivity index (χ1) is 16.1. The zero-order valence-electron chi connectivity index (χ0n) is 17.5. The number of thiophene rings is 1. The largest absolute Gasteiger partial charge is 0.334 e. The normalized spacial score (nSPS) is 14.4. The fraction of sp³-hybridized carbons (Fsp3) is 0.167. The van der Waals surface area contributed by atoms with Crippen molar-refractivity contribution < 1.29 is 4.79 Å². The van der Waals surface area contributed by atoms with Crippen molar-refractivity contribution in [3.8, 4) is 5.69 Å². The molecular weight excluding hydrogens is 495 g/mol. The highest BCUT2D eigenvalue weighted by atomic mass is 35.5. The quantitative estimate of drug-likeness (QED) is 0.278. The number of carbonyl (C=O) groups excluding carboxylic acids is 1. The van der Waals surface area contributed by atoms with Crippen LogP contribution in [0.1, 0.15) is 24.1 Å². The summed E-state index contributed by atoms with van der Waals surface area (Å²) in [7, 11) is 0. The summed E-state index contributed by atoms with van der Waals surface area (Å²) in [6.07, 6.45) is 7.09. The minimum Gasteiger partial charge on any atom is -0.334 e. The number of rotatable bonds is 5. The molecule has 168 valence electrons. The monoisotopic (exact) mass is 514 g/mol. The number of carbonyl (C=O) groups is 1. The van der Waals surface area contributed by atoms with Crippen LogP contribution in [0.15, 0.2) is 65.0 Å². The second kappa shape index (κ2) is 9.81. The Kier molecular flexibility index (Phi) is 6.64. The fourth-order valence-corrected chi connectivity index (χ4v) is 6.26. The fourth-order valence-electron chi connectivity index (χ4n) is 3.97. The number of halogens is 2. The third-order valence-electron chi connectivity index (χ3n) is 5.50. The smallest absolute Gasteiger partial charge is 0.325 e. The van der Waals surface area contributed by atoms with Gasteiger partial charge >= 0.3 is 6.03 Å². The molecule has 33 heavy (non-hydrogen) atoms. The highest BCUT2D eigenvalue weighted by Gasteiger charge is 2.20. The molecule has 2 amide bonds. The highest BCUT2D eigenvalue weighted by molar-refractivity contribution is 7.99. The van der Waals surface area contributed by atoms with E-state index in [-0.39, 0.29) is 6.03 Å². The summed E-state index contributed by atoms with van der Waals surface area (Å²) in [6.45, 7) is 0.427. The predicted molar refractivity (Wildman–Crippen MR) is 139 cm³/mol. The highest BCUT2D eigenvalue weighted by Crippen LogP contribution is 2.36. The Hall–Kier alpha value is -2.45. The molecule has 2 aromatic heterocycles.